The minimum atomic E-state index is -0.202. The average molecular weight is 277 g/mol. The van der Waals surface area contributed by atoms with Crippen molar-refractivity contribution < 1.29 is 14.3 Å². The summed E-state index contributed by atoms with van der Waals surface area (Å²) in [5.41, 5.74) is 0.677. The first-order chi connectivity index (χ1) is 9.70. The van der Waals surface area contributed by atoms with Crippen molar-refractivity contribution in [2.45, 2.75) is 25.2 Å². The first-order valence-corrected chi connectivity index (χ1v) is 7.34. The molecule has 1 N–H and O–H groups in total. The van der Waals surface area contributed by atoms with Crippen LogP contribution < -0.4 is 0 Å². The van der Waals surface area contributed by atoms with Crippen LogP contribution in [0.1, 0.15) is 30.7 Å². The molecule has 3 rings (SSSR count). The van der Waals surface area contributed by atoms with Gasteiger partial charge < -0.3 is 10.0 Å². The molecule has 2 aliphatic rings. The number of nitrogens with zero attached hydrogens (tertiary/aromatic N) is 1. The van der Waals surface area contributed by atoms with E-state index < -0.39 is 0 Å². The van der Waals surface area contributed by atoms with E-state index in [-0.39, 0.29) is 30.2 Å². The molecular weight excluding hydrogens is 257 g/mol. The smallest absolute Gasteiger partial charge is 0.226 e. The fraction of sp³-hybridized carbons (Fsp3) is 0.562. The first kappa shape index (κ1) is 13.6. The fourth-order valence-electron chi connectivity index (χ4n) is 3.16. The minimum absolute atomic E-state index is 0.0439. The van der Waals surface area contributed by atoms with E-state index in [1.54, 1.807) is 12.1 Å². The van der Waals surface area contributed by atoms with Crippen molar-refractivity contribution in [3.8, 4) is 0 Å². The van der Waals surface area contributed by atoms with E-state index in [9.17, 15) is 9.18 Å². The van der Waals surface area contributed by atoms with Crippen molar-refractivity contribution in [1.82, 2.24) is 4.90 Å². The van der Waals surface area contributed by atoms with Gasteiger partial charge in [0.1, 0.15) is 5.82 Å². The zero-order chi connectivity index (χ0) is 14.1. The molecule has 0 spiro atoms. The molecule has 1 heterocycles. The normalized spacial score (nSPS) is 26.6. The Hall–Kier alpha value is -1.42. The SMILES string of the molecule is O=C(C1CC1c1ccccc1F)N1CCC(CO)CC1. The topological polar surface area (TPSA) is 40.5 Å². The maximum Gasteiger partial charge on any atom is 0.226 e. The van der Waals surface area contributed by atoms with Gasteiger partial charge in [-0.25, -0.2) is 4.39 Å². The Balaban J connectivity index is 1.60. The molecule has 2 atom stereocenters. The monoisotopic (exact) mass is 277 g/mol. The third-order valence-electron chi connectivity index (χ3n) is 4.60. The Morgan fingerprint density at radius 1 is 1.30 bits per heavy atom. The Morgan fingerprint density at radius 2 is 2.00 bits per heavy atom. The molecule has 1 saturated heterocycles. The standard InChI is InChI=1S/C16H20FNO2/c17-15-4-2-1-3-12(15)13-9-14(13)16(20)18-7-5-11(10-19)6-8-18/h1-4,11,13-14,19H,5-10H2. The van der Waals surface area contributed by atoms with Crippen LogP contribution in [0.3, 0.4) is 0 Å². The highest BCUT2D eigenvalue weighted by atomic mass is 19.1. The molecule has 1 saturated carbocycles. The van der Waals surface area contributed by atoms with Gasteiger partial charge in [0.25, 0.3) is 0 Å². The molecule has 4 heteroatoms. The summed E-state index contributed by atoms with van der Waals surface area (Å²) < 4.78 is 13.7. The lowest BCUT2D eigenvalue weighted by Crippen LogP contribution is -2.40. The van der Waals surface area contributed by atoms with Crippen LogP contribution in [0.5, 0.6) is 0 Å². The molecule has 1 aliphatic carbocycles. The molecule has 0 radical (unpaired) electrons. The van der Waals surface area contributed by atoms with E-state index in [0.717, 1.165) is 32.4 Å². The van der Waals surface area contributed by atoms with Gasteiger partial charge in [0.05, 0.1) is 0 Å². The predicted molar refractivity (Wildman–Crippen MR) is 73.6 cm³/mol. The molecule has 20 heavy (non-hydrogen) atoms. The van der Waals surface area contributed by atoms with E-state index in [2.05, 4.69) is 0 Å². The molecule has 108 valence electrons. The summed E-state index contributed by atoms with van der Waals surface area (Å²) in [5.74, 6) is 0.305. The highest BCUT2D eigenvalue weighted by Gasteiger charge is 2.47. The summed E-state index contributed by atoms with van der Waals surface area (Å²) >= 11 is 0. The Kier molecular flexibility index (Phi) is 3.74. The van der Waals surface area contributed by atoms with Gasteiger partial charge in [0, 0.05) is 25.6 Å². The average Bonchev–Trinajstić information content (AvgIpc) is 3.27. The van der Waals surface area contributed by atoms with E-state index in [1.165, 1.54) is 6.07 Å². The number of benzene rings is 1. The zero-order valence-electron chi connectivity index (χ0n) is 11.5. The molecular formula is C16H20FNO2. The Morgan fingerprint density at radius 3 is 2.65 bits per heavy atom. The third kappa shape index (κ3) is 2.57. The fourth-order valence-corrected chi connectivity index (χ4v) is 3.16. The maximum atomic E-state index is 13.7. The van der Waals surface area contributed by atoms with Crippen LogP contribution in [0.4, 0.5) is 4.39 Å². The second-order valence-electron chi connectivity index (χ2n) is 5.92. The molecule has 1 aromatic carbocycles. The second kappa shape index (κ2) is 5.52. The predicted octanol–water partition coefficient (Wildman–Crippen LogP) is 2.16. The molecule has 0 bridgehead atoms. The zero-order valence-corrected chi connectivity index (χ0v) is 11.5. The van der Waals surface area contributed by atoms with Crippen molar-refractivity contribution in [2.24, 2.45) is 11.8 Å². The highest BCUT2D eigenvalue weighted by Crippen LogP contribution is 2.49. The van der Waals surface area contributed by atoms with Crippen LogP contribution >= 0.6 is 0 Å². The van der Waals surface area contributed by atoms with Crippen molar-refractivity contribution in [1.29, 1.82) is 0 Å². The molecule has 0 aromatic heterocycles. The lowest BCUT2D eigenvalue weighted by Gasteiger charge is -2.31. The number of halogens is 1. The molecule has 1 amide bonds. The van der Waals surface area contributed by atoms with Crippen LogP contribution in [0.15, 0.2) is 24.3 Å². The Bertz CT molecular complexity index is 497. The van der Waals surface area contributed by atoms with Gasteiger partial charge in [-0.3, -0.25) is 4.79 Å². The number of likely N-dealkylation sites (tertiary alicyclic amines) is 1. The number of hydrogen-bond acceptors (Lipinski definition) is 2. The number of aliphatic hydroxyl groups is 1. The van der Waals surface area contributed by atoms with Gasteiger partial charge in [-0.15, -0.1) is 0 Å². The van der Waals surface area contributed by atoms with Crippen LogP contribution in [-0.4, -0.2) is 35.6 Å². The van der Waals surface area contributed by atoms with E-state index in [4.69, 9.17) is 5.11 Å². The maximum absolute atomic E-state index is 13.7. The number of aliphatic hydroxyl groups excluding tert-OH is 1. The van der Waals surface area contributed by atoms with Crippen molar-refractivity contribution in [3.05, 3.63) is 35.6 Å². The molecule has 3 nitrogen and oxygen atoms in total. The van der Waals surface area contributed by atoms with E-state index >= 15 is 0 Å². The number of piperidine rings is 1. The molecule has 1 aromatic rings. The number of amides is 1. The third-order valence-corrected chi connectivity index (χ3v) is 4.60. The first-order valence-electron chi connectivity index (χ1n) is 7.34. The van der Waals surface area contributed by atoms with Gasteiger partial charge in [-0.2, -0.15) is 0 Å². The lowest BCUT2D eigenvalue weighted by molar-refractivity contribution is -0.134. The molecule has 2 unspecified atom stereocenters. The van der Waals surface area contributed by atoms with E-state index in [0.29, 0.717) is 11.5 Å². The van der Waals surface area contributed by atoms with Crippen molar-refractivity contribution in [3.63, 3.8) is 0 Å². The van der Waals surface area contributed by atoms with Gasteiger partial charge in [-0.1, -0.05) is 18.2 Å². The van der Waals surface area contributed by atoms with Gasteiger partial charge in [0.2, 0.25) is 5.91 Å². The lowest BCUT2D eigenvalue weighted by atomic mass is 9.97. The van der Waals surface area contributed by atoms with Gasteiger partial charge in [-0.05, 0) is 42.7 Å². The van der Waals surface area contributed by atoms with E-state index in [1.807, 2.05) is 11.0 Å². The minimum Gasteiger partial charge on any atom is -0.396 e. The quantitative estimate of drug-likeness (QED) is 0.919. The van der Waals surface area contributed by atoms with Crippen LogP contribution in [-0.2, 0) is 4.79 Å². The second-order valence-corrected chi connectivity index (χ2v) is 5.92. The number of carbonyl (C=O) groups excluding carboxylic acids is 1. The van der Waals surface area contributed by atoms with Crippen LogP contribution in [0, 0.1) is 17.7 Å². The summed E-state index contributed by atoms with van der Waals surface area (Å²) in [5, 5.41) is 9.11. The summed E-state index contributed by atoms with van der Waals surface area (Å²) in [6, 6.07) is 6.75. The summed E-state index contributed by atoms with van der Waals surface area (Å²) in [6.45, 7) is 1.67. The van der Waals surface area contributed by atoms with Crippen LogP contribution in [0.2, 0.25) is 0 Å². The number of hydrogen-bond donors (Lipinski definition) is 1. The molecule has 2 fully saturated rings. The summed E-state index contributed by atoms with van der Waals surface area (Å²) in [4.78, 5) is 14.3. The summed E-state index contributed by atoms with van der Waals surface area (Å²) in [7, 11) is 0. The Labute approximate surface area is 118 Å². The van der Waals surface area contributed by atoms with Crippen molar-refractivity contribution in [2.75, 3.05) is 19.7 Å². The number of carbonyl (C=O) groups is 1. The highest BCUT2D eigenvalue weighted by molar-refractivity contribution is 5.83. The molecule has 1 aliphatic heterocycles. The van der Waals surface area contributed by atoms with Gasteiger partial charge in [0.15, 0.2) is 0 Å². The van der Waals surface area contributed by atoms with Gasteiger partial charge >= 0.3 is 0 Å². The van der Waals surface area contributed by atoms with Crippen LogP contribution in [0.25, 0.3) is 0 Å². The number of rotatable bonds is 3. The van der Waals surface area contributed by atoms with Crippen molar-refractivity contribution >= 4 is 5.91 Å². The summed E-state index contributed by atoms with van der Waals surface area (Å²) in [6.07, 6.45) is 2.51. The largest absolute Gasteiger partial charge is 0.396 e.